The molecule has 0 radical (unpaired) electrons. The Kier molecular flexibility index (Phi) is 5.84. The second-order valence-electron chi connectivity index (χ2n) is 12.3. The fourth-order valence-corrected chi connectivity index (χ4v) is 7.17. The predicted molar refractivity (Wildman–Crippen MR) is 197 cm³/mol. The van der Waals surface area contributed by atoms with Crippen molar-refractivity contribution in [2.45, 2.75) is 0 Å². The van der Waals surface area contributed by atoms with Gasteiger partial charge in [0.15, 0.2) is 11.5 Å². The molecule has 0 saturated heterocycles. The van der Waals surface area contributed by atoms with E-state index in [1.807, 2.05) is 12.1 Å². The molecule has 0 amide bonds. The van der Waals surface area contributed by atoms with Gasteiger partial charge in [-0.2, -0.15) is 0 Å². The van der Waals surface area contributed by atoms with Gasteiger partial charge in [0.2, 0.25) is 0 Å². The maximum absolute atomic E-state index is 6.33. The fourth-order valence-electron chi connectivity index (χ4n) is 7.17. The van der Waals surface area contributed by atoms with E-state index in [0.29, 0.717) is 0 Å². The maximum atomic E-state index is 6.33. The second kappa shape index (κ2) is 10.5. The summed E-state index contributed by atoms with van der Waals surface area (Å²) in [4.78, 5) is 0. The highest BCUT2D eigenvalue weighted by molar-refractivity contribution is 6.13. The number of hydrogen-bond acceptors (Lipinski definition) is 3. The monoisotopic (exact) mass is 613 g/mol. The molecule has 0 aliphatic heterocycles. The molecule has 3 heterocycles. The zero-order valence-electron chi connectivity index (χ0n) is 25.8. The Morgan fingerprint density at radius 1 is 0.396 bits per heavy atom. The van der Waals surface area contributed by atoms with Gasteiger partial charge in [0.05, 0.1) is 5.52 Å². The molecule has 0 saturated carbocycles. The van der Waals surface area contributed by atoms with Crippen molar-refractivity contribution in [3.8, 4) is 44.8 Å². The van der Waals surface area contributed by atoms with Crippen molar-refractivity contribution in [3.05, 3.63) is 164 Å². The van der Waals surface area contributed by atoms with Crippen LogP contribution in [0.15, 0.2) is 168 Å². The summed E-state index contributed by atoms with van der Waals surface area (Å²) in [6.45, 7) is 0. The summed E-state index contributed by atoms with van der Waals surface area (Å²) in [6, 6.07) is 57.7. The molecule has 0 unspecified atom stereocenters. The third-order valence-corrected chi connectivity index (χ3v) is 9.54. The Morgan fingerprint density at radius 3 is 1.81 bits per heavy atom. The lowest BCUT2D eigenvalue weighted by atomic mass is 9.97. The normalized spacial score (nSPS) is 11.8. The maximum Gasteiger partial charge on any atom is 0.169 e. The highest BCUT2D eigenvalue weighted by atomic mass is 16.3. The highest BCUT2D eigenvalue weighted by Gasteiger charge is 2.17. The summed E-state index contributed by atoms with van der Waals surface area (Å²) >= 11 is 0. The predicted octanol–water partition coefficient (Wildman–Crippen LogP) is 11.6. The SMILES string of the molecule is c1ccc(-c2ccc(-c3ccc4c(c3)c3ccccc3c3nnc(-c5ccc(-c6cccc7c6oc6ccccc67)cc5)n43)cc2)cc1. The summed E-state index contributed by atoms with van der Waals surface area (Å²) in [6.07, 6.45) is 0. The minimum absolute atomic E-state index is 0.814. The molecular formula is C44H27N3O. The smallest absolute Gasteiger partial charge is 0.169 e. The first kappa shape index (κ1) is 26.7. The van der Waals surface area contributed by atoms with E-state index >= 15 is 0 Å². The van der Waals surface area contributed by atoms with E-state index in [1.165, 1.54) is 22.3 Å². The van der Waals surface area contributed by atoms with Crippen LogP contribution in [0.1, 0.15) is 0 Å². The van der Waals surface area contributed by atoms with E-state index in [9.17, 15) is 0 Å². The average Bonchev–Trinajstić information content (AvgIpc) is 3.78. The van der Waals surface area contributed by atoms with Crippen molar-refractivity contribution in [1.82, 2.24) is 14.6 Å². The van der Waals surface area contributed by atoms with Gasteiger partial charge < -0.3 is 4.42 Å². The van der Waals surface area contributed by atoms with Gasteiger partial charge in [-0.25, -0.2) is 0 Å². The van der Waals surface area contributed by atoms with Crippen LogP contribution in [0, 0.1) is 0 Å². The topological polar surface area (TPSA) is 43.3 Å². The summed E-state index contributed by atoms with van der Waals surface area (Å²) in [5, 5.41) is 15.2. The van der Waals surface area contributed by atoms with Crippen LogP contribution >= 0.6 is 0 Å². The molecule has 4 heteroatoms. The van der Waals surface area contributed by atoms with E-state index in [1.54, 1.807) is 0 Å². The van der Waals surface area contributed by atoms with Gasteiger partial charge in [-0.15, -0.1) is 10.2 Å². The van der Waals surface area contributed by atoms with Crippen molar-refractivity contribution < 1.29 is 4.42 Å². The van der Waals surface area contributed by atoms with Crippen LogP contribution in [-0.4, -0.2) is 14.6 Å². The molecular weight excluding hydrogens is 587 g/mol. The van der Waals surface area contributed by atoms with Crippen LogP contribution in [0.4, 0.5) is 0 Å². The summed E-state index contributed by atoms with van der Waals surface area (Å²) in [7, 11) is 0. The van der Waals surface area contributed by atoms with Gasteiger partial charge in [0.25, 0.3) is 0 Å². The summed E-state index contributed by atoms with van der Waals surface area (Å²) < 4.78 is 8.53. The number of benzene rings is 7. The number of pyridine rings is 1. The van der Waals surface area contributed by atoms with Gasteiger partial charge in [-0.05, 0) is 51.4 Å². The Hall–Kier alpha value is -6.52. The minimum Gasteiger partial charge on any atom is -0.455 e. The number of nitrogens with zero attached hydrogens (tertiary/aromatic N) is 3. The lowest BCUT2D eigenvalue weighted by Gasteiger charge is -2.12. The molecule has 48 heavy (non-hydrogen) atoms. The standard InChI is InChI=1S/C44H27N3O/c1-2-9-28(10-3-1)29-17-19-30(20-18-29)33-25-26-40-39(27-33)35-11-4-5-13-38(35)44-46-45-43(47(40)44)32-23-21-31(22-24-32)34-14-8-15-37-36-12-6-7-16-41(36)48-42(34)37/h1-27H. The first-order chi connectivity index (χ1) is 23.8. The fraction of sp³-hybridized carbons (Fsp3) is 0. The third-order valence-electron chi connectivity index (χ3n) is 9.54. The van der Waals surface area contributed by atoms with E-state index in [2.05, 4.69) is 156 Å². The van der Waals surface area contributed by atoms with Crippen LogP contribution in [-0.2, 0) is 0 Å². The van der Waals surface area contributed by atoms with Gasteiger partial charge >= 0.3 is 0 Å². The number of fused-ring (bicyclic) bond motifs is 9. The van der Waals surface area contributed by atoms with Crippen molar-refractivity contribution in [1.29, 1.82) is 0 Å². The molecule has 0 fully saturated rings. The molecule has 0 bridgehead atoms. The molecule has 0 aliphatic carbocycles. The first-order valence-electron chi connectivity index (χ1n) is 16.2. The van der Waals surface area contributed by atoms with Crippen LogP contribution in [0.5, 0.6) is 0 Å². The van der Waals surface area contributed by atoms with Crippen molar-refractivity contribution in [3.63, 3.8) is 0 Å². The van der Waals surface area contributed by atoms with E-state index in [4.69, 9.17) is 14.6 Å². The number of rotatable bonds is 4. The quantitative estimate of drug-likeness (QED) is 0.186. The molecule has 10 rings (SSSR count). The number of aromatic nitrogens is 3. The Bertz CT molecular complexity index is 2810. The van der Waals surface area contributed by atoms with Crippen molar-refractivity contribution in [2.75, 3.05) is 0 Å². The highest BCUT2D eigenvalue weighted by Crippen LogP contribution is 2.38. The van der Waals surface area contributed by atoms with Crippen LogP contribution < -0.4 is 0 Å². The molecule has 10 aromatic rings. The molecule has 224 valence electrons. The van der Waals surface area contributed by atoms with Gasteiger partial charge in [0.1, 0.15) is 11.2 Å². The largest absolute Gasteiger partial charge is 0.455 e. The van der Waals surface area contributed by atoms with E-state index in [0.717, 1.165) is 71.8 Å². The van der Waals surface area contributed by atoms with Crippen molar-refractivity contribution >= 4 is 49.3 Å². The molecule has 0 spiro atoms. The molecule has 0 aliphatic rings. The van der Waals surface area contributed by atoms with Gasteiger partial charge in [0, 0.05) is 32.7 Å². The lowest BCUT2D eigenvalue weighted by molar-refractivity contribution is 0.670. The summed E-state index contributed by atoms with van der Waals surface area (Å²) in [5.74, 6) is 0.814. The Labute approximate surface area is 276 Å². The van der Waals surface area contributed by atoms with Gasteiger partial charge in [-0.3, -0.25) is 4.40 Å². The Balaban J connectivity index is 1.10. The summed E-state index contributed by atoms with van der Waals surface area (Å²) in [5.41, 5.74) is 11.7. The zero-order chi connectivity index (χ0) is 31.6. The van der Waals surface area contributed by atoms with Crippen LogP contribution in [0.2, 0.25) is 0 Å². The number of furan rings is 1. The average molecular weight is 614 g/mol. The third kappa shape index (κ3) is 4.10. The molecule has 0 N–H and O–H groups in total. The number of hydrogen-bond donors (Lipinski definition) is 0. The Morgan fingerprint density at radius 2 is 1.00 bits per heavy atom. The van der Waals surface area contributed by atoms with Gasteiger partial charge in [-0.1, -0.05) is 146 Å². The van der Waals surface area contributed by atoms with E-state index in [-0.39, 0.29) is 0 Å². The lowest BCUT2D eigenvalue weighted by Crippen LogP contribution is -1.95. The second-order valence-corrected chi connectivity index (χ2v) is 12.3. The van der Waals surface area contributed by atoms with Crippen LogP contribution in [0.25, 0.3) is 94.0 Å². The minimum atomic E-state index is 0.814. The van der Waals surface area contributed by atoms with E-state index < -0.39 is 0 Å². The molecule has 4 nitrogen and oxygen atoms in total. The molecule has 0 atom stereocenters. The molecule has 7 aromatic carbocycles. The van der Waals surface area contributed by atoms with Crippen LogP contribution in [0.3, 0.4) is 0 Å². The van der Waals surface area contributed by atoms with Crippen molar-refractivity contribution in [2.24, 2.45) is 0 Å². The molecule has 3 aromatic heterocycles. The zero-order valence-corrected chi connectivity index (χ0v) is 25.8. The number of para-hydroxylation sites is 2. The first-order valence-corrected chi connectivity index (χ1v) is 16.2.